The molecular formula is C5H12BrO4P. The maximum Gasteiger partial charge on any atom is 0.346 e. The van der Waals surface area contributed by atoms with E-state index in [0.717, 1.165) is 0 Å². The van der Waals surface area contributed by atoms with Crippen molar-refractivity contribution < 1.29 is 18.7 Å². The van der Waals surface area contributed by atoms with Crippen LogP contribution in [0.15, 0.2) is 0 Å². The minimum atomic E-state index is -3.16. The summed E-state index contributed by atoms with van der Waals surface area (Å²) in [6, 6.07) is 0. The first-order valence-electron chi connectivity index (χ1n) is 3.01. The first-order chi connectivity index (χ1) is 4.98. The Hall–Kier alpha value is 0.590. The van der Waals surface area contributed by atoms with Gasteiger partial charge in [0.05, 0.1) is 6.10 Å². The van der Waals surface area contributed by atoms with E-state index in [1.54, 1.807) is 0 Å². The Labute approximate surface area is 74.6 Å². The van der Waals surface area contributed by atoms with Gasteiger partial charge >= 0.3 is 7.60 Å². The number of alkyl halides is 1. The molecule has 0 aromatic rings. The van der Waals surface area contributed by atoms with Crippen LogP contribution in [0.5, 0.6) is 0 Å². The van der Waals surface area contributed by atoms with Crippen LogP contribution in [0.4, 0.5) is 0 Å². The summed E-state index contributed by atoms with van der Waals surface area (Å²) in [5, 5.41) is 9.04. The highest BCUT2D eigenvalue weighted by molar-refractivity contribution is 9.10. The average molecular weight is 247 g/mol. The first kappa shape index (κ1) is 11.6. The summed E-state index contributed by atoms with van der Waals surface area (Å²) < 4.78 is 20.0. The van der Waals surface area contributed by atoms with Crippen LogP contribution in [0.3, 0.4) is 0 Å². The summed E-state index contributed by atoms with van der Waals surface area (Å²) in [7, 11) is -0.604. The summed E-state index contributed by atoms with van der Waals surface area (Å²) in [6.45, 7) is 1.50. The zero-order valence-corrected chi connectivity index (χ0v) is 9.13. The molecule has 68 valence electrons. The van der Waals surface area contributed by atoms with Gasteiger partial charge in [-0.3, -0.25) is 4.57 Å². The Balaban J connectivity index is 4.38. The van der Waals surface area contributed by atoms with Crippen LogP contribution in [-0.4, -0.2) is 30.0 Å². The van der Waals surface area contributed by atoms with Crippen LogP contribution in [0.25, 0.3) is 0 Å². The fraction of sp³-hybridized carbons (Fsp3) is 1.00. The van der Waals surface area contributed by atoms with E-state index in [4.69, 9.17) is 5.11 Å². The Kier molecular flexibility index (Phi) is 4.82. The molecule has 0 aliphatic heterocycles. The topological polar surface area (TPSA) is 55.8 Å². The van der Waals surface area contributed by atoms with Crippen molar-refractivity contribution in [2.24, 2.45) is 0 Å². The highest BCUT2D eigenvalue weighted by Gasteiger charge is 2.35. The van der Waals surface area contributed by atoms with E-state index < -0.39 is 18.3 Å². The fourth-order valence-electron chi connectivity index (χ4n) is 0.540. The molecule has 2 unspecified atom stereocenters. The molecular weight excluding hydrogens is 235 g/mol. The third kappa shape index (κ3) is 2.84. The summed E-state index contributed by atoms with van der Waals surface area (Å²) >= 11 is 3.02. The lowest BCUT2D eigenvalue weighted by molar-refractivity contribution is 0.190. The summed E-state index contributed by atoms with van der Waals surface area (Å²) in [4.78, 5) is 0. The normalized spacial score (nSPS) is 17.9. The predicted octanol–water partition coefficient (Wildman–Crippen LogP) is 1.57. The molecule has 0 radical (unpaired) electrons. The highest BCUT2D eigenvalue weighted by Crippen LogP contribution is 2.55. The van der Waals surface area contributed by atoms with Gasteiger partial charge in [-0.05, 0) is 6.92 Å². The van der Waals surface area contributed by atoms with Crippen LogP contribution in [0.1, 0.15) is 6.92 Å². The van der Waals surface area contributed by atoms with Crippen molar-refractivity contribution >= 4 is 23.5 Å². The van der Waals surface area contributed by atoms with Gasteiger partial charge in [-0.25, -0.2) is 0 Å². The molecule has 1 N–H and O–H groups in total. The zero-order valence-electron chi connectivity index (χ0n) is 6.65. The predicted molar refractivity (Wildman–Crippen MR) is 46.0 cm³/mol. The van der Waals surface area contributed by atoms with Crippen molar-refractivity contribution in [1.82, 2.24) is 0 Å². The minimum Gasteiger partial charge on any atom is -0.392 e. The van der Waals surface area contributed by atoms with Gasteiger partial charge in [-0.2, -0.15) is 0 Å². The number of aliphatic hydroxyl groups excluding tert-OH is 1. The van der Waals surface area contributed by atoms with Crippen LogP contribution in [0, 0.1) is 0 Å². The molecule has 0 spiro atoms. The highest BCUT2D eigenvalue weighted by atomic mass is 79.9. The van der Waals surface area contributed by atoms with E-state index in [-0.39, 0.29) is 0 Å². The van der Waals surface area contributed by atoms with Crippen molar-refractivity contribution in [3.63, 3.8) is 0 Å². The van der Waals surface area contributed by atoms with Crippen LogP contribution in [0.2, 0.25) is 0 Å². The maximum absolute atomic E-state index is 11.4. The molecule has 0 saturated heterocycles. The van der Waals surface area contributed by atoms with Crippen molar-refractivity contribution in [1.29, 1.82) is 0 Å². The van der Waals surface area contributed by atoms with E-state index in [9.17, 15) is 4.57 Å². The first-order valence-corrected chi connectivity index (χ1v) is 5.54. The Morgan fingerprint density at radius 2 is 1.82 bits per heavy atom. The molecule has 0 bridgehead atoms. The quantitative estimate of drug-likeness (QED) is 0.605. The second-order valence-corrected chi connectivity index (χ2v) is 6.08. The second kappa shape index (κ2) is 4.58. The smallest absolute Gasteiger partial charge is 0.346 e. The Morgan fingerprint density at radius 1 is 1.45 bits per heavy atom. The Morgan fingerprint density at radius 3 is 1.91 bits per heavy atom. The van der Waals surface area contributed by atoms with Gasteiger partial charge in [0.2, 0.25) is 0 Å². The summed E-state index contributed by atoms with van der Waals surface area (Å²) in [6.07, 6.45) is -0.777. The molecule has 0 aliphatic rings. The lowest BCUT2D eigenvalue weighted by atomic mass is 10.5. The lowest BCUT2D eigenvalue weighted by Gasteiger charge is -2.20. The summed E-state index contributed by atoms with van der Waals surface area (Å²) in [5.41, 5.74) is 0. The zero-order chi connectivity index (χ0) is 9.07. The molecule has 4 nitrogen and oxygen atoms in total. The molecule has 0 aromatic carbocycles. The SMILES string of the molecule is COP(=O)(OC)C(Br)C(C)O. The average Bonchev–Trinajstić information content (AvgIpc) is 2.01. The van der Waals surface area contributed by atoms with Crippen molar-refractivity contribution in [2.75, 3.05) is 14.2 Å². The van der Waals surface area contributed by atoms with Gasteiger partial charge in [-0.15, -0.1) is 0 Å². The lowest BCUT2D eigenvalue weighted by Crippen LogP contribution is -2.17. The molecule has 0 fully saturated rings. The van der Waals surface area contributed by atoms with Crippen LogP contribution >= 0.6 is 23.5 Å². The third-order valence-electron chi connectivity index (χ3n) is 1.21. The minimum absolute atomic E-state index is 0.676. The van der Waals surface area contributed by atoms with Gasteiger partial charge in [0.1, 0.15) is 4.57 Å². The van der Waals surface area contributed by atoms with Gasteiger partial charge in [0, 0.05) is 14.2 Å². The van der Waals surface area contributed by atoms with Crippen molar-refractivity contribution in [3.05, 3.63) is 0 Å². The van der Waals surface area contributed by atoms with E-state index in [1.807, 2.05) is 0 Å². The van der Waals surface area contributed by atoms with Gasteiger partial charge in [0.15, 0.2) is 0 Å². The molecule has 0 rings (SSSR count). The number of aliphatic hydroxyl groups is 1. The van der Waals surface area contributed by atoms with Gasteiger partial charge in [0.25, 0.3) is 0 Å². The maximum atomic E-state index is 11.4. The second-order valence-electron chi connectivity index (χ2n) is 2.02. The fourth-order valence-corrected chi connectivity index (χ4v) is 2.62. The molecule has 0 aromatic heterocycles. The molecule has 0 saturated carbocycles. The molecule has 11 heavy (non-hydrogen) atoms. The monoisotopic (exact) mass is 246 g/mol. The van der Waals surface area contributed by atoms with Crippen LogP contribution in [-0.2, 0) is 13.6 Å². The molecule has 2 atom stereocenters. The Bertz CT molecular complexity index is 153. The number of hydrogen-bond donors (Lipinski definition) is 1. The number of hydrogen-bond acceptors (Lipinski definition) is 4. The summed E-state index contributed by atoms with van der Waals surface area (Å²) in [5.74, 6) is 0. The molecule has 6 heteroatoms. The standard InChI is InChI=1S/C5H12BrO4P/c1-4(7)5(6)11(8,9-2)10-3/h4-5,7H,1-3H3. The van der Waals surface area contributed by atoms with Gasteiger partial charge < -0.3 is 14.2 Å². The molecule has 0 heterocycles. The number of halogens is 1. The van der Waals surface area contributed by atoms with Crippen molar-refractivity contribution in [2.45, 2.75) is 17.6 Å². The third-order valence-corrected chi connectivity index (χ3v) is 5.53. The molecule has 0 aliphatic carbocycles. The van der Waals surface area contributed by atoms with E-state index in [1.165, 1.54) is 21.1 Å². The van der Waals surface area contributed by atoms with E-state index >= 15 is 0 Å². The van der Waals surface area contributed by atoms with Gasteiger partial charge in [-0.1, -0.05) is 15.9 Å². The molecule has 0 amide bonds. The van der Waals surface area contributed by atoms with Crippen molar-refractivity contribution in [3.8, 4) is 0 Å². The van der Waals surface area contributed by atoms with E-state index in [2.05, 4.69) is 25.0 Å². The number of rotatable bonds is 4. The van der Waals surface area contributed by atoms with E-state index in [0.29, 0.717) is 0 Å². The van der Waals surface area contributed by atoms with Crippen LogP contribution < -0.4 is 0 Å². The largest absolute Gasteiger partial charge is 0.392 e.